The Kier molecular flexibility index (Phi) is 5.01. The Balaban J connectivity index is 1.91. The van der Waals surface area contributed by atoms with Gasteiger partial charge in [-0.2, -0.15) is 13.2 Å². The van der Waals surface area contributed by atoms with E-state index in [-0.39, 0.29) is 27.6 Å². The van der Waals surface area contributed by atoms with Gasteiger partial charge in [-0.3, -0.25) is 14.9 Å². The summed E-state index contributed by atoms with van der Waals surface area (Å²) in [5.74, 6) is -0.831. The molecule has 0 aliphatic heterocycles. The number of aromatic nitrogens is 1. The lowest BCUT2D eigenvalue weighted by Crippen LogP contribution is -2.11. The summed E-state index contributed by atoms with van der Waals surface area (Å²) in [6.45, 7) is 0. The Labute approximate surface area is 159 Å². The minimum atomic E-state index is -4.47. The maximum Gasteiger partial charge on any atom is 0.416 e. The summed E-state index contributed by atoms with van der Waals surface area (Å²) in [4.78, 5) is 26.0. The van der Waals surface area contributed by atoms with Gasteiger partial charge in [0, 0.05) is 34.3 Å². The van der Waals surface area contributed by atoms with Gasteiger partial charge in [0.1, 0.15) is 0 Å². The first-order valence-electron chi connectivity index (χ1n) is 7.63. The van der Waals surface area contributed by atoms with Crippen molar-refractivity contribution in [2.24, 2.45) is 5.73 Å². The summed E-state index contributed by atoms with van der Waals surface area (Å²) in [5, 5.41) is 15.6. The Morgan fingerprint density at radius 1 is 1.21 bits per heavy atom. The predicted octanol–water partition coefficient (Wildman–Crippen LogP) is 4.58. The van der Waals surface area contributed by atoms with E-state index in [4.69, 9.17) is 5.73 Å². The first-order chi connectivity index (χ1) is 13.1. The monoisotopic (exact) mass is 408 g/mol. The van der Waals surface area contributed by atoms with Gasteiger partial charge < -0.3 is 11.1 Å². The maximum atomic E-state index is 12.8. The standard InChI is InChI=1S/C17H11F3N4O3S/c18-17(19,20)11-2-1-3-12(7-11)22-16-23-14(8-28-16)9-4-10(15(21)25)6-13(5-9)24(26)27/h1-8H,(H2,21,25)(H,22,23). The van der Waals surface area contributed by atoms with Crippen molar-refractivity contribution >= 4 is 33.8 Å². The van der Waals surface area contributed by atoms with Crippen molar-refractivity contribution in [2.75, 3.05) is 5.32 Å². The molecule has 3 rings (SSSR count). The normalized spacial score (nSPS) is 11.2. The number of halogens is 3. The smallest absolute Gasteiger partial charge is 0.366 e. The van der Waals surface area contributed by atoms with Gasteiger partial charge in [-0.1, -0.05) is 6.07 Å². The molecule has 0 saturated heterocycles. The van der Waals surface area contributed by atoms with Crippen LogP contribution in [-0.2, 0) is 6.18 Å². The number of nitro groups is 1. The SMILES string of the molecule is NC(=O)c1cc(-c2csc(Nc3cccc(C(F)(F)F)c3)n2)cc([N+](=O)[O-])c1. The third kappa shape index (κ3) is 4.26. The molecule has 0 aliphatic rings. The summed E-state index contributed by atoms with van der Waals surface area (Å²) < 4.78 is 38.4. The highest BCUT2D eigenvalue weighted by Crippen LogP contribution is 2.33. The molecule has 0 atom stereocenters. The fourth-order valence-corrected chi connectivity index (χ4v) is 3.11. The number of nitrogens with two attached hydrogens (primary N) is 1. The lowest BCUT2D eigenvalue weighted by molar-refractivity contribution is -0.384. The molecule has 144 valence electrons. The molecule has 11 heteroatoms. The molecule has 0 fully saturated rings. The number of benzene rings is 2. The summed E-state index contributed by atoms with van der Waals surface area (Å²) in [6, 6.07) is 8.26. The van der Waals surface area contributed by atoms with Crippen LogP contribution in [0.1, 0.15) is 15.9 Å². The first kappa shape index (κ1) is 19.3. The number of alkyl halides is 3. The van der Waals surface area contributed by atoms with E-state index in [2.05, 4.69) is 10.3 Å². The molecule has 3 N–H and O–H groups in total. The van der Waals surface area contributed by atoms with E-state index >= 15 is 0 Å². The van der Waals surface area contributed by atoms with Gasteiger partial charge in [0.05, 0.1) is 16.2 Å². The number of hydrogen-bond acceptors (Lipinski definition) is 6. The highest BCUT2D eigenvalue weighted by atomic mass is 32.1. The number of amides is 1. The number of non-ortho nitro benzene ring substituents is 1. The van der Waals surface area contributed by atoms with E-state index in [0.29, 0.717) is 5.69 Å². The zero-order valence-electron chi connectivity index (χ0n) is 13.9. The maximum absolute atomic E-state index is 12.8. The average molecular weight is 408 g/mol. The van der Waals surface area contributed by atoms with Gasteiger partial charge in [-0.05, 0) is 24.3 Å². The average Bonchev–Trinajstić information content (AvgIpc) is 3.09. The van der Waals surface area contributed by atoms with Crippen molar-refractivity contribution in [1.29, 1.82) is 0 Å². The number of primary amides is 1. The highest BCUT2D eigenvalue weighted by molar-refractivity contribution is 7.14. The third-order valence-corrected chi connectivity index (χ3v) is 4.41. The second kappa shape index (κ2) is 7.27. The van der Waals surface area contributed by atoms with E-state index in [0.717, 1.165) is 29.5 Å². The van der Waals surface area contributed by atoms with Gasteiger partial charge >= 0.3 is 6.18 Å². The molecular weight excluding hydrogens is 397 g/mol. The van der Waals surface area contributed by atoms with Crippen molar-refractivity contribution in [3.63, 3.8) is 0 Å². The van der Waals surface area contributed by atoms with E-state index in [1.54, 1.807) is 5.38 Å². The van der Waals surface area contributed by atoms with Gasteiger partial charge in [0.2, 0.25) is 5.91 Å². The van der Waals surface area contributed by atoms with Crippen molar-refractivity contribution in [2.45, 2.75) is 6.18 Å². The molecule has 1 amide bonds. The minimum Gasteiger partial charge on any atom is -0.366 e. The van der Waals surface area contributed by atoms with Crippen LogP contribution in [0.2, 0.25) is 0 Å². The van der Waals surface area contributed by atoms with Crippen LogP contribution < -0.4 is 11.1 Å². The molecule has 0 unspecified atom stereocenters. The summed E-state index contributed by atoms with van der Waals surface area (Å²) in [5.41, 5.74) is 4.80. The Hall–Kier alpha value is -3.47. The second-order valence-electron chi connectivity index (χ2n) is 5.63. The van der Waals surface area contributed by atoms with Crippen LogP contribution in [0.5, 0.6) is 0 Å². The number of nitrogens with one attached hydrogen (secondary N) is 1. The molecule has 2 aromatic carbocycles. The molecule has 0 radical (unpaired) electrons. The largest absolute Gasteiger partial charge is 0.416 e. The Morgan fingerprint density at radius 3 is 2.61 bits per heavy atom. The van der Waals surface area contributed by atoms with Crippen LogP contribution in [0.3, 0.4) is 0 Å². The third-order valence-electron chi connectivity index (χ3n) is 3.65. The molecule has 3 aromatic rings. The summed E-state index contributed by atoms with van der Waals surface area (Å²) in [7, 11) is 0. The minimum absolute atomic E-state index is 0.0513. The van der Waals surface area contributed by atoms with E-state index in [1.807, 2.05) is 0 Å². The first-order valence-corrected chi connectivity index (χ1v) is 8.51. The summed E-state index contributed by atoms with van der Waals surface area (Å²) in [6.07, 6.45) is -4.47. The number of carbonyl (C=O) groups excluding carboxylic acids is 1. The number of hydrogen-bond donors (Lipinski definition) is 2. The van der Waals surface area contributed by atoms with Crippen molar-refractivity contribution in [3.8, 4) is 11.3 Å². The van der Waals surface area contributed by atoms with Crippen LogP contribution in [0.25, 0.3) is 11.3 Å². The molecule has 0 bridgehead atoms. The lowest BCUT2D eigenvalue weighted by atomic mass is 10.1. The van der Waals surface area contributed by atoms with Crippen LogP contribution in [0, 0.1) is 10.1 Å². The Morgan fingerprint density at radius 2 is 1.96 bits per heavy atom. The van der Waals surface area contributed by atoms with Gasteiger partial charge in [0.15, 0.2) is 5.13 Å². The molecule has 0 aliphatic carbocycles. The van der Waals surface area contributed by atoms with Crippen LogP contribution >= 0.6 is 11.3 Å². The lowest BCUT2D eigenvalue weighted by Gasteiger charge is -2.09. The topological polar surface area (TPSA) is 111 Å². The number of nitrogens with zero attached hydrogens (tertiary/aromatic N) is 2. The zero-order valence-corrected chi connectivity index (χ0v) is 14.7. The predicted molar refractivity (Wildman–Crippen MR) is 97.4 cm³/mol. The van der Waals surface area contributed by atoms with E-state index in [1.165, 1.54) is 24.3 Å². The second-order valence-corrected chi connectivity index (χ2v) is 6.49. The van der Waals surface area contributed by atoms with Gasteiger partial charge in [0.25, 0.3) is 5.69 Å². The van der Waals surface area contributed by atoms with E-state index < -0.39 is 22.6 Å². The molecule has 1 aromatic heterocycles. The van der Waals surface area contributed by atoms with Gasteiger partial charge in [-0.25, -0.2) is 4.98 Å². The quantitative estimate of drug-likeness (QED) is 0.474. The molecule has 7 nitrogen and oxygen atoms in total. The zero-order chi connectivity index (χ0) is 20.5. The molecule has 0 saturated carbocycles. The summed E-state index contributed by atoms with van der Waals surface area (Å²) >= 11 is 1.09. The molecule has 1 heterocycles. The van der Waals surface area contributed by atoms with E-state index in [9.17, 15) is 28.1 Å². The molecule has 0 spiro atoms. The molecular formula is C17H11F3N4O3S. The van der Waals surface area contributed by atoms with Crippen LogP contribution in [0.15, 0.2) is 47.8 Å². The molecule has 28 heavy (non-hydrogen) atoms. The van der Waals surface area contributed by atoms with Crippen LogP contribution in [-0.4, -0.2) is 15.8 Å². The Bertz CT molecular complexity index is 1030. The highest BCUT2D eigenvalue weighted by Gasteiger charge is 2.30. The number of anilines is 2. The van der Waals surface area contributed by atoms with Gasteiger partial charge in [-0.15, -0.1) is 11.3 Å². The van der Waals surface area contributed by atoms with Crippen LogP contribution in [0.4, 0.5) is 29.7 Å². The number of carbonyl (C=O) groups is 1. The van der Waals surface area contributed by atoms with Crippen molar-refractivity contribution in [1.82, 2.24) is 4.98 Å². The van der Waals surface area contributed by atoms with Crippen molar-refractivity contribution < 1.29 is 22.9 Å². The van der Waals surface area contributed by atoms with Crippen molar-refractivity contribution in [3.05, 3.63) is 69.1 Å². The fourth-order valence-electron chi connectivity index (χ4n) is 2.37. The number of thiazole rings is 1. The number of rotatable bonds is 5. The number of nitro benzene ring substituents is 1. The fraction of sp³-hybridized carbons (Fsp3) is 0.0588.